The van der Waals surface area contributed by atoms with E-state index in [9.17, 15) is 5.11 Å². The van der Waals surface area contributed by atoms with Crippen LogP contribution < -0.4 is 0 Å². The van der Waals surface area contributed by atoms with Gasteiger partial charge in [-0.1, -0.05) is 18.2 Å². The van der Waals surface area contributed by atoms with E-state index in [0.717, 1.165) is 25.0 Å². The zero-order valence-corrected chi connectivity index (χ0v) is 10.2. The third kappa shape index (κ3) is 2.24. The Hall–Kier alpha value is -0.860. The number of ether oxygens (including phenoxy) is 1. The number of aliphatic hydroxyl groups is 1. The lowest BCUT2D eigenvalue weighted by atomic mass is 9.96. The van der Waals surface area contributed by atoms with E-state index in [2.05, 4.69) is 18.2 Å². The van der Waals surface area contributed by atoms with E-state index < -0.39 is 6.10 Å². The van der Waals surface area contributed by atoms with Crippen molar-refractivity contribution in [1.29, 1.82) is 0 Å². The molecule has 0 saturated carbocycles. The molecule has 0 spiro atoms. The standard InChI is InChI=1S/C15H20O2/c16-15(14-6-1-2-9-17-14)13-8-7-11-4-3-5-12(11)10-13/h7-8,10,14-16H,1-6,9H2. The van der Waals surface area contributed by atoms with Gasteiger partial charge in [0.1, 0.15) is 6.10 Å². The first kappa shape index (κ1) is 11.2. The number of aryl methyl sites for hydroxylation is 2. The third-order valence-corrected chi connectivity index (χ3v) is 4.03. The monoisotopic (exact) mass is 232 g/mol. The second-order valence-electron chi connectivity index (χ2n) is 5.23. The lowest BCUT2D eigenvalue weighted by molar-refractivity contribution is -0.0633. The highest BCUT2D eigenvalue weighted by atomic mass is 16.5. The van der Waals surface area contributed by atoms with Gasteiger partial charge in [-0.05, 0) is 55.2 Å². The zero-order valence-electron chi connectivity index (χ0n) is 10.2. The van der Waals surface area contributed by atoms with Gasteiger partial charge >= 0.3 is 0 Å². The molecule has 0 amide bonds. The Balaban J connectivity index is 1.78. The fourth-order valence-electron chi connectivity index (χ4n) is 3.01. The molecular formula is C15H20O2. The first-order valence-corrected chi connectivity index (χ1v) is 6.76. The molecule has 2 aliphatic rings. The summed E-state index contributed by atoms with van der Waals surface area (Å²) in [6, 6.07) is 6.45. The molecular weight excluding hydrogens is 212 g/mol. The molecule has 1 aromatic carbocycles. The lowest BCUT2D eigenvalue weighted by Crippen LogP contribution is -2.26. The Morgan fingerprint density at radius 2 is 2.00 bits per heavy atom. The van der Waals surface area contributed by atoms with E-state index in [1.165, 1.54) is 36.8 Å². The summed E-state index contributed by atoms with van der Waals surface area (Å²) in [5.74, 6) is 0. The molecule has 2 heteroatoms. The van der Waals surface area contributed by atoms with Crippen LogP contribution >= 0.6 is 0 Å². The van der Waals surface area contributed by atoms with Gasteiger partial charge in [-0.25, -0.2) is 0 Å². The SMILES string of the molecule is OC(c1ccc2c(c1)CCC2)C1CCCCO1. The van der Waals surface area contributed by atoms with Crippen molar-refractivity contribution >= 4 is 0 Å². The second kappa shape index (κ2) is 4.79. The van der Waals surface area contributed by atoms with E-state index in [1.54, 1.807) is 0 Å². The predicted octanol–water partition coefficient (Wildman–Crippen LogP) is 2.78. The largest absolute Gasteiger partial charge is 0.386 e. The number of fused-ring (bicyclic) bond motifs is 1. The topological polar surface area (TPSA) is 29.5 Å². The molecule has 1 aliphatic carbocycles. The Morgan fingerprint density at radius 3 is 2.82 bits per heavy atom. The fraction of sp³-hybridized carbons (Fsp3) is 0.600. The molecule has 1 aromatic rings. The van der Waals surface area contributed by atoms with Crippen molar-refractivity contribution in [2.75, 3.05) is 6.61 Å². The average molecular weight is 232 g/mol. The van der Waals surface area contributed by atoms with Crippen molar-refractivity contribution in [1.82, 2.24) is 0 Å². The average Bonchev–Trinajstić information content (AvgIpc) is 2.86. The van der Waals surface area contributed by atoms with Gasteiger partial charge in [-0.15, -0.1) is 0 Å². The van der Waals surface area contributed by atoms with Crippen LogP contribution in [0.4, 0.5) is 0 Å². The molecule has 17 heavy (non-hydrogen) atoms. The highest BCUT2D eigenvalue weighted by Gasteiger charge is 2.24. The van der Waals surface area contributed by atoms with Crippen LogP contribution in [0.25, 0.3) is 0 Å². The van der Waals surface area contributed by atoms with Gasteiger partial charge in [0.15, 0.2) is 0 Å². The van der Waals surface area contributed by atoms with Crippen molar-refractivity contribution < 1.29 is 9.84 Å². The normalized spacial score (nSPS) is 25.6. The predicted molar refractivity (Wildman–Crippen MR) is 67.0 cm³/mol. The summed E-state index contributed by atoms with van der Waals surface area (Å²) in [7, 11) is 0. The van der Waals surface area contributed by atoms with E-state index in [1.807, 2.05) is 0 Å². The van der Waals surface area contributed by atoms with E-state index in [4.69, 9.17) is 4.74 Å². The molecule has 2 nitrogen and oxygen atoms in total. The van der Waals surface area contributed by atoms with Crippen LogP contribution in [0.5, 0.6) is 0 Å². The minimum absolute atomic E-state index is 0.00297. The number of hydrogen-bond acceptors (Lipinski definition) is 2. The van der Waals surface area contributed by atoms with Crippen LogP contribution in [-0.2, 0) is 17.6 Å². The van der Waals surface area contributed by atoms with Crippen LogP contribution in [-0.4, -0.2) is 17.8 Å². The summed E-state index contributed by atoms with van der Waals surface area (Å²) in [5, 5.41) is 10.4. The highest BCUT2D eigenvalue weighted by Crippen LogP contribution is 2.30. The van der Waals surface area contributed by atoms with Gasteiger partial charge in [0.25, 0.3) is 0 Å². The molecule has 2 unspecified atom stereocenters. The van der Waals surface area contributed by atoms with E-state index in [-0.39, 0.29) is 6.10 Å². The molecule has 0 radical (unpaired) electrons. The van der Waals surface area contributed by atoms with Crippen molar-refractivity contribution in [3.8, 4) is 0 Å². The maximum atomic E-state index is 10.4. The molecule has 1 fully saturated rings. The Kier molecular flexibility index (Phi) is 3.17. The summed E-state index contributed by atoms with van der Waals surface area (Å²) in [6.07, 6.45) is 6.48. The maximum absolute atomic E-state index is 10.4. The van der Waals surface area contributed by atoms with Gasteiger partial charge < -0.3 is 9.84 Å². The van der Waals surface area contributed by atoms with Crippen LogP contribution in [0, 0.1) is 0 Å². The number of hydrogen-bond donors (Lipinski definition) is 1. The number of benzene rings is 1. The number of aliphatic hydroxyl groups excluding tert-OH is 1. The summed E-state index contributed by atoms with van der Waals surface area (Å²) in [5.41, 5.74) is 3.93. The fourth-order valence-corrected chi connectivity index (χ4v) is 3.01. The number of rotatable bonds is 2. The summed E-state index contributed by atoms with van der Waals surface area (Å²) in [6.45, 7) is 0.798. The molecule has 1 heterocycles. The van der Waals surface area contributed by atoms with Crippen LogP contribution in [0.3, 0.4) is 0 Å². The van der Waals surface area contributed by atoms with Gasteiger partial charge in [0, 0.05) is 6.61 Å². The molecule has 1 N–H and O–H groups in total. The van der Waals surface area contributed by atoms with Crippen molar-refractivity contribution in [2.45, 2.75) is 50.7 Å². The summed E-state index contributed by atoms with van der Waals surface area (Å²) in [4.78, 5) is 0. The smallest absolute Gasteiger partial charge is 0.105 e. The van der Waals surface area contributed by atoms with Crippen molar-refractivity contribution in [2.24, 2.45) is 0 Å². The van der Waals surface area contributed by atoms with Gasteiger partial charge in [-0.2, -0.15) is 0 Å². The van der Waals surface area contributed by atoms with Crippen LogP contribution in [0.1, 0.15) is 48.5 Å². The molecule has 0 aromatic heterocycles. The van der Waals surface area contributed by atoms with Crippen molar-refractivity contribution in [3.05, 3.63) is 34.9 Å². The van der Waals surface area contributed by atoms with Gasteiger partial charge in [-0.3, -0.25) is 0 Å². The molecule has 1 aliphatic heterocycles. The first-order chi connectivity index (χ1) is 8.34. The van der Waals surface area contributed by atoms with E-state index >= 15 is 0 Å². The Bertz CT molecular complexity index is 394. The zero-order chi connectivity index (χ0) is 11.7. The molecule has 1 saturated heterocycles. The summed E-state index contributed by atoms with van der Waals surface area (Å²) < 4.78 is 5.66. The van der Waals surface area contributed by atoms with Gasteiger partial charge in [0.2, 0.25) is 0 Å². The molecule has 3 rings (SSSR count). The third-order valence-electron chi connectivity index (χ3n) is 4.03. The molecule has 0 bridgehead atoms. The maximum Gasteiger partial charge on any atom is 0.105 e. The second-order valence-corrected chi connectivity index (χ2v) is 5.23. The minimum Gasteiger partial charge on any atom is -0.386 e. The quantitative estimate of drug-likeness (QED) is 0.849. The minimum atomic E-state index is -0.443. The Morgan fingerprint density at radius 1 is 1.12 bits per heavy atom. The highest BCUT2D eigenvalue weighted by molar-refractivity contribution is 5.36. The van der Waals surface area contributed by atoms with Crippen molar-refractivity contribution in [3.63, 3.8) is 0 Å². The molecule has 92 valence electrons. The Labute approximate surface area is 103 Å². The van der Waals surface area contributed by atoms with Crippen LogP contribution in [0.15, 0.2) is 18.2 Å². The van der Waals surface area contributed by atoms with E-state index in [0.29, 0.717) is 0 Å². The lowest BCUT2D eigenvalue weighted by Gasteiger charge is -2.27. The summed E-state index contributed by atoms with van der Waals surface area (Å²) >= 11 is 0. The van der Waals surface area contributed by atoms with Gasteiger partial charge in [0.05, 0.1) is 6.10 Å². The molecule has 2 atom stereocenters. The van der Waals surface area contributed by atoms with Crippen LogP contribution in [0.2, 0.25) is 0 Å². The first-order valence-electron chi connectivity index (χ1n) is 6.76.